The smallest absolute Gasteiger partial charge is 0.0628 e. The molecular formula is C16H29N3. The molecule has 1 atom stereocenters. The molecule has 1 aliphatic rings. The van der Waals surface area contributed by atoms with Crippen LogP contribution in [0.4, 0.5) is 0 Å². The van der Waals surface area contributed by atoms with Gasteiger partial charge >= 0.3 is 0 Å². The molecule has 1 heterocycles. The molecule has 0 radical (unpaired) electrons. The van der Waals surface area contributed by atoms with Gasteiger partial charge in [-0.2, -0.15) is 5.10 Å². The van der Waals surface area contributed by atoms with E-state index in [4.69, 9.17) is 5.10 Å². The Bertz CT molecular complexity index is 383. The van der Waals surface area contributed by atoms with E-state index in [0.717, 1.165) is 13.0 Å². The maximum Gasteiger partial charge on any atom is 0.0628 e. The Balaban J connectivity index is 2.01. The van der Waals surface area contributed by atoms with Crippen molar-refractivity contribution in [2.75, 3.05) is 13.6 Å². The first-order valence-corrected chi connectivity index (χ1v) is 7.69. The number of aromatic nitrogens is 2. The molecule has 2 rings (SSSR count). The Morgan fingerprint density at radius 1 is 1.37 bits per heavy atom. The molecule has 1 saturated carbocycles. The van der Waals surface area contributed by atoms with Crippen LogP contribution in [0.1, 0.15) is 58.2 Å². The number of hydrogen-bond donors (Lipinski definition) is 1. The van der Waals surface area contributed by atoms with Gasteiger partial charge in [0.05, 0.1) is 11.7 Å². The summed E-state index contributed by atoms with van der Waals surface area (Å²) in [6.07, 6.45) is 8.60. The zero-order valence-corrected chi connectivity index (χ0v) is 12.9. The largest absolute Gasteiger partial charge is 0.319 e. The maximum atomic E-state index is 4.82. The molecule has 1 fully saturated rings. The highest BCUT2D eigenvalue weighted by molar-refractivity contribution is 5.03. The SMILES string of the molecule is CNCC(Cc1ccn(C2CCCC2)n1)C(C)(C)C. The van der Waals surface area contributed by atoms with Crippen molar-refractivity contribution in [1.82, 2.24) is 15.1 Å². The van der Waals surface area contributed by atoms with E-state index in [1.165, 1.54) is 31.4 Å². The van der Waals surface area contributed by atoms with Gasteiger partial charge in [-0.05, 0) is 50.3 Å². The van der Waals surface area contributed by atoms with Crippen molar-refractivity contribution in [2.24, 2.45) is 11.3 Å². The molecule has 3 heteroatoms. The molecule has 3 nitrogen and oxygen atoms in total. The Morgan fingerprint density at radius 2 is 2.05 bits per heavy atom. The summed E-state index contributed by atoms with van der Waals surface area (Å²) in [6.45, 7) is 8.02. The second-order valence-electron chi connectivity index (χ2n) is 7.05. The van der Waals surface area contributed by atoms with Crippen LogP contribution in [-0.4, -0.2) is 23.4 Å². The molecule has 1 aliphatic carbocycles. The van der Waals surface area contributed by atoms with E-state index in [1.54, 1.807) is 0 Å². The second kappa shape index (κ2) is 6.08. The van der Waals surface area contributed by atoms with E-state index in [9.17, 15) is 0 Å². The van der Waals surface area contributed by atoms with Gasteiger partial charge in [-0.15, -0.1) is 0 Å². The Morgan fingerprint density at radius 3 is 2.63 bits per heavy atom. The first-order valence-electron chi connectivity index (χ1n) is 7.69. The summed E-state index contributed by atoms with van der Waals surface area (Å²) in [4.78, 5) is 0. The van der Waals surface area contributed by atoms with Gasteiger partial charge in [0, 0.05) is 6.20 Å². The Labute approximate surface area is 117 Å². The molecule has 1 N–H and O–H groups in total. The lowest BCUT2D eigenvalue weighted by Crippen LogP contribution is -2.32. The van der Waals surface area contributed by atoms with E-state index in [0.29, 0.717) is 17.4 Å². The quantitative estimate of drug-likeness (QED) is 0.882. The predicted octanol–water partition coefficient (Wildman–Crippen LogP) is 3.42. The van der Waals surface area contributed by atoms with Crippen molar-refractivity contribution in [1.29, 1.82) is 0 Å². The predicted molar refractivity (Wildman–Crippen MR) is 80.3 cm³/mol. The minimum Gasteiger partial charge on any atom is -0.319 e. The summed E-state index contributed by atoms with van der Waals surface area (Å²) in [7, 11) is 2.04. The summed E-state index contributed by atoms with van der Waals surface area (Å²) in [5.41, 5.74) is 1.57. The molecule has 0 aliphatic heterocycles. The lowest BCUT2D eigenvalue weighted by molar-refractivity contribution is 0.232. The third kappa shape index (κ3) is 3.82. The van der Waals surface area contributed by atoms with Crippen LogP contribution in [0.2, 0.25) is 0 Å². The molecular weight excluding hydrogens is 234 g/mol. The van der Waals surface area contributed by atoms with Crippen LogP contribution in [-0.2, 0) is 6.42 Å². The lowest BCUT2D eigenvalue weighted by atomic mass is 9.78. The van der Waals surface area contributed by atoms with E-state index < -0.39 is 0 Å². The van der Waals surface area contributed by atoms with Gasteiger partial charge in [-0.3, -0.25) is 4.68 Å². The lowest BCUT2D eigenvalue weighted by Gasteiger charge is -2.30. The van der Waals surface area contributed by atoms with Crippen LogP contribution in [0.3, 0.4) is 0 Å². The van der Waals surface area contributed by atoms with Gasteiger partial charge < -0.3 is 5.32 Å². The summed E-state index contributed by atoms with van der Waals surface area (Å²) in [5.74, 6) is 0.629. The number of rotatable bonds is 5. The van der Waals surface area contributed by atoms with Gasteiger partial charge in [0.1, 0.15) is 0 Å². The van der Waals surface area contributed by atoms with E-state index in [1.807, 2.05) is 7.05 Å². The molecule has 0 amide bonds. The van der Waals surface area contributed by atoms with Crippen LogP contribution in [0.15, 0.2) is 12.3 Å². The minimum atomic E-state index is 0.320. The van der Waals surface area contributed by atoms with Crippen LogP contribution in [0.25, 0.3) is 0 Å². The Kier molecular flexibility index (Phi) is 4.67. The maximum absolute atomic E-state index is 4.82. The first kappa shape index (κ1) is 14.6. The van der Waals surface area contributed by atoms with Crippen molar-refractivity contribution in [2.45, 2.75) is 58.9 Å². The van der Waals surface area contributed by atoms with Gasteiger partial charge in [0.25, 0.3) is 0 Å². The van der Waals surface area contributed by atoms with E-state index >= 15 is 0 Å². The molecule has 1 aromatic heterocycles. The molecule has 0 bridgehead atoms. The van der Waals surface area contributed by atoms with Gasteiger partial charge in [-0.1, -0.05) is 33.6 Å². The molecule has 1 aromatic rings. The van der Waals surface area contributed by atoms with Crippen LogP contribution >= 0.6 is 0 Å². The number of hydrogen-bond acceptors (Lipinski definition) is 2. The van der Waals surface area contributed by atoms with Gasteiger partial charge in [-0.25, -0.2) is 0 Å². The fourth-order valence-electron chi connectivity index (χ4n) is 3.04. The standard InChI is InChI=1S/C16H29N3/c1-16(2,3)13(12-17-4)11-14-9-10-19(18-14)15-7-5-6-8-15/h9-10,13,15,17H,5-8,11-12H2,1-4H3. The minimum absolute atomic E-state index is 0.320. The molecule has 108 valence electrons. The van der Waals surface area contributed by atoms with Crippen molar-refractivity contribution >= 4 is 0 Å². The topological polar surface area (TPSA) is 29.9 Å². The van der Waals surface area contributed by atoms with Crippen molar-refractivity contribution in [3.8, 4) is 0 Å². The van der Waals surface area contributed by atoms with Crippen molar-refractivity contribution < 1.29 is 0 Å². The zero-order chi connectivity index (χ0) is 13.9. The van der Waals surface area contributed by atoms with Gasteiger partial charge in [0.2, 0.25) is 0 Å². The fourth-order valence-corrected chi connectivity index (χ4v) is 3.04. The van der Waals surface area contributed by atoms with E-state index in [-0.39, 0.29) is 0 Å². The molecule has 0 saturated heterocycles. The van der Waals surface area contributed by atoms with Crippen LogP contribution in [0.5, 0.6) is 0 Å². The molecule has 1 unspecified atom stereocenters. The number of nitrogens with one attached hydrogen (secondary N) is 1. The fraction of sp³-hybridized carbons (Fsp3) is 0.812. The third-order valence-electron chi connectivity index (χ3n) is 4.49. The summed E-state index contributed by atoms with van der Waals surface area (Å²) in [5, 5.41) is 8.14. The Hall–Kier alpha value is -0.830. The molecule has 19 heavy (non-hydrogen) atoms. The summed E-state index contributed by atoms with van der Waals surface area (Å²) in [6, 6.07) is 2.87. The normalized spacial score (nSPS) is 18.9. The summed E-state index contributed by atoms with van der Waals surface area (Å²) >= 11 is 0. The molecule has 0 spiro atoms. The second-order valence-corrected chi connectivity index (χ2v) is 7.05. The van der Waals surface area contributed by atoms with Crippen LogP contribution in [0, 0.1) is 11.3 Å². The third-order valence-corrected chi connectivity index (χ3v) is 4.49. The van der Waals surface area contributed by atoms with Crippen molar-refractivity contribution in [3.63, 3.8) is 0 Å². The highest BCUT2D eigenvalue weighted by Gasteiger charge is 2.25. The monoisotopic (exact) mass is 263 g/mol. The first-order chi connectivity index (χ1) is 9.00. The summed E-state index contributed by atoms with van der Waals surface area (Å²) < 4.78 is 2.21. The average molecular weight is 263 g/mol. The number of nitrogens with zero attached hydrogens (tertiary/aromatic N) is 2. The van der Waals surface area contributed by atoms with E-state index in [2.05, 4.69) is 43.0 Å². The highest BCUT2D eigenvalue weighted by atomic mass is 15.3. The van der Waals surface area contributed by atoms with Crippen molar-refractivity contribution in [3.05, 3.63) is 18.0 Å². The van der Waals surface area contributed by atoms with Crippen LogP contribution < -0.4 is 5.32 Å². The van der Waals surface area contributed by atoms with Gasteiger partial charge in [0.15, 0.2) is 0 Å². The molecule has 0 aromatic carbocycles. The zero-order valence-electron chi connectivity index (χ0n) is 12.9. The average Bonchev–Trinajstić information content (AvgIpc) is 2.97. The highest BCUT2D eigenvalue weighted by Crippen LogP contribution is 2.30.